The Morgan fingerprint density at radius 1 is 1.21 bits per heavy atom. The van der Waals surface area contributed by atoms with E-state index >= 15 is 0 Å². The van der Waals surface area contributed by atoms with Crippen molar-refractivity contribution in [2.24, 2.45) is 0 Å². The average molecular weight is 328 g/mol. The Morgan fingerprint density at radius 2 is 1.79 bits per heavy atom. The lowest BCUT2D eigenvalue weighted by Gasteiger charge is -2.06. The van der Waals surface area contributed by atoms with Gasteiger partial charge in [-0.05, 0) is 18.6 Å². The molecule has 106 valence electrons. The first-order valence-corrected chi connectivity index (χ1v) is 9.06. The number of nitrogens with zero attached hydrogens (tertiary/aromatic N) is 1. The highest BCUT2D eigenvalue weighted by Crippen LogP contribution is 2.22. The van der Waals surface area contributed by atoms with Gasteiger partial charge in [0.25, 0.3) is 5.69 Å². The van der Waals surface area contributed by atoms with Crippen LogP contribution in [0, 0.1) is 17.0 Å². The average Bonchev–Trinajstić information content (AvgIpc) is 2.25. The minimum Gasteiger partial charge on any atom is -0.258 e. The Labute approximate surface area is 114 Å². The number of nitro benzene ring substituents is 1. The van der Waals surface area contributed by atoms with E-state index < -0.39 is 35.3 Å². The maximum atomic E-state index is 11.9. The Morgan fingerprint density at radius 3 is 2.21 bits per heavy atom. The molecular formula is C9H10ClNO6S2. The number of aryl methyl sites for hydroxylation is 1. The van der Waals surface area contributed by atoms with Gasteiger partial charge in [0, 0.05) is 22.8 Å². The van der Waals surface area contributed by atoms with Crippen molar-refractivity contribution in [3.05, 3.63) is 33.9 Å². The van der Waals surface area contributed by atoms with Crippen molar-refractivity contribution in [2.45, 2.75) is 11.8 Å². The Bertz CT molecular complexity index is 710. The summed E-state index contributed by atoms with van der Waals surface area (Å²) < 4.78 is 45.3. The first kappa shape index (κ1) is 15.9. The molecule has 0 spiro atoms. The van der Waals surface area contributed by atoms with Gasteiger partial charge in [0.05, 0.1) is 21.3 Å². The third-order valence-electron chi connectivity index (χ3n) is 2.30. The van der Waals surface area contributed by atoms with Gasteiger partial charge in [0.1, 0.15) is 0 Å². The van der Waals surface area contributed by atoms with Crippen LogP contribution in [0.2, 0.25) is 0 Å². The van der Waals surface area contributed by atoms with Crippen LogP contribution >= 0.6 is 10.7 Å². The van der Waals surface area contributed by atoms with Gasteiger partial charge in [-0.1, -0.05) is 0 Å². The number of rotatable bonds is 5. The van der Waals surface area contributed by atoms with Crippen LogP contribution in [0.15, 0.2) is 23.1 Å². The van der Waals surface area contributed by atoms with Crippen LogP contribution in [0.3, 0.4) is 0 Å². The molecule has 7 nitrogen and oxygen atoms in total. The molecule has 0 fully saturated rings. The summed E-state index contributed by atoms with van der Waals surface area (Å²) in [7, 11) is -2.82. The van der Waals surface area contributed by atoms with Gasteiger partial charge < -0.3 is 0 Å². The Balaban J connectivity index is 3.12. The molecule has 0 N–H and O–H groups in total. The van der Waals surface area contributed by atoms with Gasteiger partial charge in [-0.3, -0.25) is 10.1 Å². The summed E-state index contributed by atoms with van der Waals surface area (Å²) in [5, 5.41) is 10.5. The number of hydrogen-bond donors (Lipinski definition) is 0. The van der Waals surface area contributed by atoms with Crippen molar-refractivity contribution in [3.8, 4) is 0 Å². The molecule has 10 heteroatoms. The summed E-state index contributed by atoms with van der Waals surface area (Å²) in [5.41, 5.74) is -0.0532. The predicted molar refractivity (Wildman–Crippen MR) is 69.5 cm³/mol. The van der Waals surface area contributed by atoms with Crippen LogP contribution in [-0.4, -0.2) is 33.3 Å². The van der Waals surface area contributed by atoms with E-state index in [-0.39, 0.29) is 16.1 Å². The van der Waals surface area contributed by atoms with Crippen molar-refractivity contribution in [3.63, 3.8) is 0 Å². The number of nitro groups is 1. The molecule has 0 radical (unpaired) electrons. The van der Waals surface area contributed by atoms with Crippen LogP contribution < -0.4 is 0 Å². The topological polar surface area (TPSA) is 111 Å². The van der Waals surface area contributed by atoms with Crippen molar-refractivity contribution in [1.82, 2.24) is 0 Å². The van der Waals surface area contributed by atoms with Gasteiger partial charge in [-0.15, -0.1) is 0 Å². The quantitative estimate of drug-likeness (QED) is 0.457. The second-order valence-electron chi connectivity index (χ2n) is 3.77. The number of sulfone groups is 1. The fourth-order valence-corrected chi connectivity index (χ4v) is 4.70. The molecule has 1 aromatic carbocycles. The molecule has 0 aliphatic heterocycles. The highest BCUT2D eigenvalue weighted by molar-refractivity contribution is 8.14. The van der Waals surface area contributed by atoms with E-state index in [2.05, 4.69) is 0 Å². The van der Waals surface area contributed by atoms with Crippen LogP contribution in [0.1, 0.15) is 5.56 Å². The summed E-state index contributed by atoms with van der Waals surface area (Å²) in [6, 6.07) is 3.25. The van der Waals surface area contributed by atoms with Crippen molar-refractivity contribution < 1.29 is 21.8 Å². The molecule has 1 aromatic rings. The molecule has 0 bridgehead atoms. The Hall–Kier alpha value is -1.19. The minimum atomic E-state index is -3.91. The zero-order chi connectivity index (χ0) is 14.8. The van der Waals surface area contributed by atoms with Crippen LogP contribution in [0.25, 0.3) is 0 Å². The highest BCUT2D eigenvalue weighted by atomic mass is 35.7. The monoisotopic (exact) mass is 327 g/mol. The molecule has 0 aliphatic carbocycles. The predicted octanol–water partition coefficient (Wildman–Crippen LogP) is 1.25. The molecule has 0 saturated heterocycles. The Kier molecular flexibility index (Phi) is 4.54. The maximum Gasteiger partial charge on any atom is 0.269 e. The SMILES string of the molecule is Cc1cc([N+](=O)[O-])ccc1S(=O)(=O)CCS(=O)(=O)Cl. The van der Waals surface area contributed by atoms with E-state index in [1.165, 1.54) is 6.92 Å². The molecule has 0 amide bonds. The van der Waals surface area contributed by atoms with Crippen molar-refractivity contribution in [1.29, 1.82) is 0 Å². The van der Waals surface area contributed by atoms with E-state index in [0.717, 1.165) is 18.2 Å². The number of benzene rings is 1. The molecule has 0 saturated carbocycles. The first-order chi connectivity index (χ1) is 8.53. The van der Waals surface area contributed by atoms with E-state index in [1.54, 1.807) is 0 Å². The second kappa shape index (κ2) is 5.43. The zero-order valence-electron chi connectivity index (χ0n) is 9.74. The maximum absolute atomic E-state index is 11.9. The molecule has 0 atom stereocenters. The van der Waals surface area contributed by atoms with Gasteiger partial charge in [0.15, 0.2) is 9.84 Å². The fourth-order valence-electron chi connectivity index (χ4n) is 1.42. The largest absolute Gasteiger partial charge is 0.269 e. The van der Waals surface area contributed by atoms with Crippen LogP contribution in [0.5, 0.6) is 0 Å². The van der Waals surface area contributed by atoms with Gasteiger partial charge in [0.2, 0.25) is 9.05 Å². The van der Waals surface area contributed by atoms with Crippen molar-refractivity contribution in [2.75, 3.05) is 11.5 Å². The van der Waals surface area contributed by atoms with Crippen molar-refractivity contribution >= 4 is 35.3 Å². The summed E-state index contributed by atoms with van der Waals surface area (Å²) in [4.78, 5) is 9.74. The van der Waals surface area contributed by atoms with Gasteiger partial charge >= 0.3 is 0 Å². The lowest BCUT2D eigenvalue weighted by Crippen LogP contribution is -2.15. The van der Waals surface area contributed by atoms with E-state index in [0.29, 0.717) is 0 Å². The van der Waals surface area contributed by atoms with E-state index in [4.69, 9.17) is 10.7 Å². The normalized spacial score (nSPS) is 12.3. The van der Waals surface area contributed by atoms with Gasteiger partial charge in [-0.2, -0.15) is 0 Å². The van der Waals surface area contributed by atoms with Crippen LogP contribution in [0.4, 0.5) is 5.69 Å². The van der Waals surface area contributed by atoms with Crippen LogP contribution in [-0.2, 0) is 18.9 Å². The molecule has 0 unspecified atom stereocenters. The standard InChI is InChI=1S/C9H10ClNO6S2/c1-7-6-8(11(12)13)2-3-9(7)18(14,15)4-5-19(10,16)17/h2-3,6H,4-5H2,1H3. The smallest absolute Gasteiger partial charge is 0.258 e. The second-order valence-corrected chi connectivity index (χ2v) is 8.74. The zero-order valence-corrected chi connectivity index (χ0v) is 12.1. The highest BCUT2D eigenvalue weighted by Gasteiger charge is 2.21. The third-order valence-corrected chi connectivity index (χ3v) is 5.58. The van der Waals surface area contributed by atoms with E-state index in [9.17, 15) is 26.9 Å². The summed E-state index contributed by atoms with van der Waals surface area (Å²) in [5.74, 6) is -1.38. The molecular weight excluding hydrogens is 318 g/mol. The molecule has 19 heavy (non-hydrogen) atoms. The molecule has 0 aliphatic rings. The fraction of sp³-hybridized carbons (Fsp3) is 0.333. The summed E-state index contributed by atoms with van der Waals surface area (Å²) >= 11 is 0. The molecule has 0 aromatic heterocycles. The third kappa shape index (κ3) is 4.44. The van der Waals surface area contributed by atoms with E-state index in [1.807, 2.05) is 0 Å². The summed E-state index contributed by atoms with van der Waals surface area (Å²) in [6.45, 7) is 1.40. The molecule has 0 heterocycles. The number of non-ortho nitro benzene ring substituents is 1. The lowest BCUT2D eigenvalue weighted by atomic mass is 10.2. The van der Waals surface area contributed by atoms with Gasteiger partial charge in [-0.25, -0.2) is 16.8 Å². The minimum absolute atomic E-state index is 0.140. The molecule has 1 rings (SSSR count). The number of hydrogen-bond acceptors (Lipinski definition) is 6. The summed E-state index contributed by atoms with van der Waals surface area (Å²) in [6.07, 6.45) is 0. The first-order valence-electron chi connectivity index (χ1n) is 4.93. The lowest BCUT2D eigenvalue weighted by molar-refractivity contribution is -0.385. The number of halogens is 1.